The van der Waals surface area contributed by atoms with E-state index in [4.69, 9.17) is 4.74 Å². The molecule has 1 aromatic carbocycles. The van der Waals surface area contributed by atoms with Crippen molar-refractivity contribution in [2.75, 3.05) is 18.0 Å². The SMILES string of the molecule is CCC(=O)N(c1ccccc1)[C@H]1CCCN(C(=O)OC(C)(C)C)C1. The van der Waals surface area contributed by atoms with Crippen LogP contribution in [0.5, 0.6) is 0 Å². The highest BCUT2D eigenvalue weighted by atomic mass is 16.6. The van der Waals surface area contributed by atoms with Gasteiger partial charge in [0.05, 0.1) is 6.04 Å². The first-order valence-corrected chi connectivity index (χ1v) is 8.67. The molecule has 0 radical (unpaired) electrons. The first-order chi connectivity index (χ1) is 11.3. The molecule has 2 amide bonds. The van der Waals surface area contributed by atoms with E-state index >= 15 is 0 Å². The number of benzene rings is 1. The first kappa shape index (κ1) is 18.3. The number of hydrogen-bond donors (Lipinski definition) is 0. The van der Waals surface area contributed by atoms with Crippen LogP contribution in [0.4, 0.5) is 10.5 Å². The summed E-state index contributed by atoms with van der Waals surface area (Å²) in [5.74, 6) is 0.0808. The van der Waals surface area contributed by atoms with Gasteiger partial charge in [0.1, 0.15) is 5.60 Å². The number of para-hydroxylation sites is 1. The Balaban J connectivity index is 2.16. The van der Waals surface area contributed by atoms with Crippen molar-refractivity contribution in [3.63, 3.8) is 0 Å². The molecular weight excluding hydrogens is 304 g/mol. The average molecular weight is 332 g/mol. The van der Waals surface area contributed by atoms with Gasteiger partial charge >= 0.3 is 6.09 Å². The minimum atomic E-state index is -0.512. The molecule has 0 unspecified atom stereocenters. The number of likely N-dealkylation sites (tertiary alicyclic amines) is 1. The van der Waals surface area contributed by atoms with Gasteiger partial charge in [-0.1, -0.05) is 25.1 Å². The molecule has 5 heteroatoms. The highest BCUT2D eigenvalue weighted by Gasteiger charge is 2.32. The molecule has 0 saturated carbocycles. The van der Waals surface area contributed by atoms with Crippen LogP contribution in [0.2, 0.25) is 0 Å². The fourth-order valence-electron chi connectivity index (χ4n) is 2.98. The van der Waals surface area contributed by atoms with Crippen LogP contribution in [-0.4, -0.2) is 41.6 Å². The second-order valence-corrected chi connectivity index (χ2v) is 7.18. The molecule has 0 spiro atoms. The Hall–Kier alpha value is -2.04. The number of anilines is 1. The topological polar surface area (TPSA) is 49.9 Å². The van der Waals surface area contributed by atoms with Crippen LogP contribution < -0.4 is 4.90 Å². The number of piperidine rings is 1. The third-order valence-electron chi connectivity index (χ3n) is 4.02. The minimum absolute atomic E-state index is 0.0129. The third kappa shape index (κ3) is 4.73. The van der Waals surface area contributed by atoms with Gasteiger partial charge in [-0.05, 0) is 45.7 Å². The second-order valence-electron chi connectivity index (χ2n) is 7.18. The maximum Gasteiger partial charge on any atom is 0.410 e. The van der Waals surface area contributed by atoms with E-state index in [0.29, 0.717) is 19.5 Å². The minimum Gasteiger partial charge on any atom is -0.444 e. The summed E-state index contributed by atoms with van der Waals surface area (Å²) >= 11 is 0. The smallest absolute Gasteiger partial charge is 0.410 e. The van der Waals surface area contributed by atoms with Gasteiger partial charge in [0, 0.05) is 25.2 Å². The van der Waals surface area contributed by atoms with E-state index in [9.17, 15) is 9.59 Å². The molecule has 1 aliphatic heterocycles. The van der Waals surface area contributed by atoms with Gasteiger partial charge in [-0.25, -0.2) is 4.79 Å². The Kier molecular flexibility index (Phi) is 5.86. The summed E-state index contributed by atoms with van der Waals surface area (Å²) in [6, 6.07) is 9.67. The van der Waals surface area contributed by atoms with Crippen molar-refractivity contribution in [1.29, 1.82) is 0 Å². The normalized spacial score (nSPS) is 18.2. The molecule has 1 heterocycles. The van der Waals surface area contributed by atoms with Crippen LogP contribution in [0.3, 0.4) is 0 Å². The van der Waals surface area contributed by atoms with Gasteiger partial charge in [-0.15, -0.1) is 0 Å². The highest BCUT2D eigenvalue weighted by molar-refractivity contribution is 5.93. The quantitative estimate of drug-likeness (QED) is 0.845. The van der Waals surface area contributed by atoms with Crippen molar-refractivity contribution in [2.45, 2.75) is 58.6 Å². The Labute approximate surface area is 144 Å². The van der Waals surface area contributed by atoms with Crippen molar-refractivity contribution in [2.24, 2.45) is 0 Å². The molecule has 2 rings (SSSR count). The van der Waals surface area contributed by atoms with E-state index < -0.39 is 5.60 Å². The second kappa shape index (κ2) is 7.69. The monoisotopic (exact) mass is 332 g/mol. The van der Waals surface area contributed by atoms with E-state index in [1.807, 2.05) is 62.9 Å². The van der Waals surface area contributed by atoms with Crippen LogP contribution >= 0.6 is 0 Å². The van der Waals surface area contributed by atoms with Crippen molar-refractivity contribution < 1.29 is 14.3 Å². The number of hydrogen-bond acceptors (Lipinski definition) is 3. The molecule has 0 N–H and O–H groups in total. The predicted molar refractivity (Wildman–Crippen MR) is 95.0 cm³/mol. The Morgan fingerprint density at radius 3 is 2.50 bits per heavy atom. The van der Waals surface area contributed by atoms with E-state index in [0.717, 1.165) is 18.5 Å². The van der Waals surface area contributed by atoms with Crippen LogP contribution in [0.15, 0.2) is 30.3 Å². The van der Waals surface area contributed by atoms with Crippen LogP contribution in [-0.2, 0) is 9.53 Å². The molecule has 1 fully saturated rings. The molecular formula is C19H28N2O3. The van der Waals surface area contributed by atoms with Crippen LogP contribution in [0, 0.1) is 0 Å². The molecule has 5 nitrogen and oxygen atoms in total. The number of nitrogens with zero attached hydrogens (tertiary/aromatic N) is 2. The molecule has 1 aliphatic rings. The zero-order valence-electron chi connectivity index (χ0n) is 15.1. The van der Waals surface area contributed by atoms with E-state index in [1.165, 1.54) is 0 Å². The maximum atomic E-state index is 12.5. The number of rotatable bonds is 3. The summed E-state index contributed by atoms with van der Waals surface area (Å²) in [5.41, 5.74) is 0.378. The van der Waals surface area contributed by atoms with Gasteiger partial charge in [0.15, 0.2) is 0 Å². The zero-order valence-corrected chi connectivity index (χ0v) is 15.1. The van der Waals surface area contributed by atoms with E-state index in [2.05, 4.69) is 0 Å². The largest absolute Gasteiger partial charge is 0.444 e. The number of amides is 2. The summed E-state index contributed by atoms with van der Waals surface area (Å²) in [7, 11) is 0. The fourth-order valence-corrected chi connectivity index (χ4v) is 2.98. The van der Waals surface area contributed by atoms with Crippen LogP contribution in [0.1, 0.15) is 47.0 Å². The van der Waals surface area contributed by atoms with Gasteiger partial charge in [0.25, 0.3) is 0 Å². The number of carbonyl (C=O) groups is 2. The molecule has 0 bridgehead atoms. The van der Waals surface area contributed by atoms with Gasteiger partial charge in [-0.2, -0.15) is 0 Å². The Morgan fingerprint density at radius 1 is 1.25 bits per heavy atom. The molecule has 0 aromatic heterocycles. The number of ether oxygens (including phenoxy) is 1. The predicted octanol–water partition coefficient (Wildman–Crippen LogP) is 3.83. The van der Waals surface area contributed by atoms with Crippen LogP contribution in [0.25, 0.3) is 0 Å². The summed E-state index contributed by atoms with van der Waals surface area (Å²) in [6.45, 7) is 8.65. The van der Waals surface area contributed by atoms with Crippen molar-refractivity contribution in [3.8, 4) is 0 Å². The lowest BCUT2D eigenvalue weighted by molar-refractivity contribution is -0.119. The van der Waals surface area contributed by atoms with Crippen molar-refractivity contribution in [3.05, 3.63) is 30.3 Å². The Morgan fingerprint density at radius 2 is 1.92 bits per heavy atom. The first-order valence-electron chi connectivity index (χ1n) is 8.67. The van der Waals surface area contributed by atoms with Gasteiger partial charge in [0.2, 0.25) is 5.91 Å². The van der Waals surface area contributed by atoms with Crippen molar-refractivity contribution >= 4 is 17.7 Å². The third-order valence-corrected chi connectivity index (χ3v) is 4.02. The molecule has 132 valence electrons. The lowest BCUT2D eigenvalue weighted by Gasteiger charge is -2.39. The summed E-state index contributed by atoms with van der Waals surface area (Å²) < 4.78 is 5.48. The average Bonchev–Trinajstić information content (AvgIpc) is 2.54. The summed E-state index contributed by atoms with van der Waals surface area (Å²) in [5, 5.41) is 0. The fraction of sp³-hybridized carbons (Fsp3) is 0.579. The van der Waals surface area contributed by atoms with Gasteiger partial charge in [-0.3, -0.25) is 4.79 Å². The lowest BCUT2D eigenvalue weighted by Crippen LogP contribution is -2.52. The maximum absolute atomic E-state index is 12.5. The lowest BCUT2D eigenvalue weighted by atomic mass is 10.0. The molecule has 1 aromatic rings. The molecule has 0 aliphatic carbocycles. The Bertz CT molecular complexity index is 566. The van der Waals surface area contributed by atoms with Crippen molar-refractivity contribution in [1.82, 2.24) is 4.90 Å². The highest BCUT2D eigenvalue weighted by Crippen LogP contribution is 2.25. The zero-order chi connectivity index (χ0) is 17.7. The van der Waals surface area contributed by atoms with E-state index in [1.54, 1.807) is 4.90 Å². The molecule has 1 atom stereocenters. The molecule has 1 saturated heterocycles. The number of carbonyl (C=O) groups excluding carboxylic acids is 2. The molecule has 24 heavy (non-hydrogen) atoms. The van der Waals surface area contributed by atoms with E-state index in [-0.39, 0.29) is 18.0 Å². The standard InChI is InChI=1S/C19H28N2O3/c1-5-17(22)21(15-10-7-6-8-11-15)16-12-9-13-20(14-16)18(23)24-19(2,3)4/h6-8,10-11,16H,5,9,12-14H2,1-4H3/t16-/m0/s1. The summed E-state index contributed by atoms with van der Waals surface area (Å²) in [4.78, 5) is 28.4. The van der Waals surface area contributed by atoms with Gasteiger partial charge < -0.3 is 14.5 Å². The summed E-state index contributed by atoms with van der Waals surface area (Å²) in [6.07, 6.45) is 1.89.